The maximum atomic E-state index is 14.8. The number of nitrogens with zero attached hydrogens (tertiary/aromatic N) is 2. The van der Waals surface area contributed by atoms with Crippen molar-refractivity contribution >= 4 is 11.9 Å². The highest BCUT2D eigenvalue weighted by molar-refractivity contribution is 5.69. The van der Waals surface area contributed by atoms with E-state index in [4.69, 9.17) is 9.72 Å². The topological polar surface area (TPSA) is 25.4 Å². The Kier molecular flexibility index (Phi) is 5.42. The van der Waals surface area contributed by atoms with Gasteiger partial charge in [0.2, 0.25) is 0 Å². The molecule has 1 aliphatic heterocycles. The molecule has 4 aliphatic rings. The lowest BCUT2D eigenvalue weighted by Gasteiger charge is -2.40. The van der Waals surface area contributed by atoms with E-state index in [1.165, 1.54) is 28.7 Å². The molecule has 0 N–H and O–H groups in total. The fraction of sp³-hybridized carbons (Fsp3) is 0.306. The number of halogens is 1. The first-order chi connectivity index (χ1) is 19.6. The molecule has 3 aliphatic carbocycles. The molecule has 3 aromatic carbocycles. The number of hydrogen-bond donors (Lipinski definition) is 0. The molecule has 1 saturated heterocycles. The summed E-state index contributed by atoms with van der Waals surface area (Å²) in [5, 5.41) is 0. The minimum Gasteiger partial charge on any atom is -0.489 e. The van der Waals surface area contributed by atoms with Gasteiger partial charge in [0.15, 0.2) is 0 Å². The zero-order valence-corrected chi connectivity index (χ0v) is 22.9. The van der Waals surface area contributed by atoms with Crippen molar-refractivity contribution in [2.75, 3.05) is 18.0 Å². The van der Waals surface area contributed by atoms with Crippen LogP contribution in [0.15, 0.2) is 78.9 Å². The van der Waals surface area contributed by atoms with E-state index in [1.54, 1.807) is 6.07 Å². The third-order valence-electron chi connectivity index (χ3n) is 9.80. The largest absolute Gasteiger partial charge is 0.489 e. The minimum atomic E-state index is -0.238. The number of fused-ring (bicyclic) bond motifs is 5. The van der Waals surface area contributed by atoms with Crippen LogP contribution < -0.4 is 9.64 Å². The third-order valence-corrected chi connectivity index (χ3v) is 9.80. The molecule has 40 heavy (non-hydrogen) atoms. The van der Waals surface area contributed by atoms with E-state index in [1.807, 2.05) is 18.2 Å². The number of pyridine rings is 1. The molecule has 1 spiro atoms. The Morgan fingerprint density at radius 2 is 1.88 bits per heavy atom. The molecule has 2 heterocycles. The Balaban J connectivity index is 0.969. The number of aromatic nitrogens is 1. The quantitative estimate of drug-likeness (QED) is 0.262. The van der Waals surface area contributed by atoms with E-state index >= 15 is 0 Å². The van der Waals surface area contributed by atoms with Crippen LogP contribution in [-0.4, -0.2) is 18.1 Å². The summed E-state index contributed by atoms with van der Waals surface area (Å²) in [4.78, 5) is 7.41. The number of benzene rings is 3. The summed E-state index contributed by atoms with van der Waals surface area (Å²) < 4.78 is 20.8. The van der Waals surface area contributed by atoms with Crippen molar-refractivity contribution in [1.82, 2.24) is 4.98 Å². The Morgan fingerprint density at radius 1 is 1.00 bits per heavy atom. The van der Waals surface area contributed by atoms with Crippen molar-refractivity contribution in [2.24, 2.45) is 5.92 Å². The molecule has 1 aromatic heterocycles. The van der Waals surface area contributed by atoms with Gasteiger partial charge in [0, 0.05) is 35.3 Å². The van der Waals surface area contributed by atoms with Gasteiger partial charge in [0.1, 0.15) is 24.0 Å². The first-order valence-corrected chi connectivity index (χ1v) is 14.6. The number of hydrogen-bond acceptors (Lipinski definition) is 3. The Morgan fingerprint density at radius 3 is 2.75 bits per heavy atom. The molecule has 2 fully saturated rings. The third kappa shape index (κ3) is 3.96. The average Bonchev–Trinajstić information content (AvgIpc) is 3.53. The molecule has 1 saturated carbocycles. The van der Waals surface area contributed by atoms with Crippen molar-refractivity contribution in [1.29, 1.82) is 0 Å². The second-order valence-corrected chi connectivity index (χ2v) is 12.1. The van der Waals surface area contributed by atoms with Crippen LogP contribution >= 0.6 is 0 Å². The first-order valence-electron chi connectivity index (χ1n) is 14.6. The van der Waals surface area contributed by atoms with Gasteiger partial charge in [0.25, 0.3) is 0 Å². The lowest BCUT2D eigenvalue weighted by molar-refractivity contribution is 0.299. The van der Waals surface area contributed by atoms with Crippen LogP contribution in [0, 0.1) is 18.7 Å². The van der Waals surface area contributed by atoms with Gasteiger partial charge in [-0.3, -0.25) is 0 Å². The van der Waals surface area contributed by atoms with Crippen LogP contribution in [0.4, 0.5) is 10.2 Å². The van der Waals surface area contributed by atoms with Crippen LogP contribution in [0.1, 0.15) is 58.7 Å². The van der Waals surface area contributed by atoms with Crippen molar-refractivity contribution in [2.45, 2.75) is 50.5 Å². The Bertz CT molecular complexity index is 1670. The van der Waals surface area contributed by atoms with E-state index in [0.717, 1.165) is 72.6 Å². The van der Waals surface area contributed by atoms with Gasteiger partial charge in [0.05, 0.1) is 0 Å². The van der Waals surface area contributed by atoms with E-state index < -0.39 is 0 Å². The van der Waals surface area contributed by atoms with Crippen LogP contribution in [-0.2, 0) is 18.4 Å². The normalized spacial score (nSPS) is 21.3. The highest BCUT2D eigenvalue weighted by Crippen LogP contribution is 2.56. The first kappa shape index (κ1) is 23.9. The summed E-state index contributed by atoms with van der Waals surface area (Å²) in [6.45, 7) is 4.22. The molecule has 2 unspecified atom stereocenters. The fourth-order valence-electron chi connectivity index (χ4n) is 7.40. The van der Waals surface area contributed by atoms with Crippen LogP contribution in [0.3, 0.4) is 0 Å². The number of allylic oxidation sites excluding steroid dienone is 1. The number of rotatable bonds is 5. The molecule has 0 bridgehead atoms. The highest BCUT2D eigenvalue weighted by Gasteiger charge is 2.45. The lowest BCUT2D eigenvalue weighted by atomic mass is 9.74. The molecular formula is C36H33FN2O. The van der Waals surface area contributed by atoms with Crippen LogP contribution in [0.2, 0.25) is 0 Å². The van der Waals surface area contributed by atoms with Crippen LogP contribution in [0.5, 0.6) is 5.75 Å². The maximum Gasteiger partial charge on any atom is 0.129 e. The molecule has 3 nitrogen and oxygen atoms in total. The maximum absolute atomic E-state index is 14.8. The number of piperidine rings is 1. The van der Waals surface area contributed by atoms with Gasteiger partial charge in [-0.2, -0.15) is 0 Å². The van der Waals surface area contributed by atoms with E-state index in [0.29, 0.717) is 5.56 Å². The summed E-state index contributed by atoms with van der Waals surface area (Å²) in [6.07, 6.45) is 9.39. The van der Waals surface area contributed by atoms with Gasteiger partial charge >= 0.3 is 0 Å². The second-order valence-electron chi connectivity index (χ2n) is 12.1. The van der Waals surface area contributed by atoms with Crippen molar-refractivity contribution in [3.05, 3.63) is 118 Å². The zero-order chi connectivity index (χ0) is 26.8. The van der Waals surface area contributed by atoms with E-state index in [2.05, 4.69) is 72.5 Å². The smallest absolute Gasteiger partial charge is 0.129 e. The second kappa shape index (κ2) is 9.05. The number of aryl methyl sites for hydroxylation is 1. The van der Waals surface area contributed by atoms with Gasteiger partial charge < -0.3 is 9.64 Å². The molecule has 0 amide bonds. The molecule has 8 rings (SSSR count). The minimum absolute atomic E-state index is 0.162. The van der Waals surface area contributed by atoms with Gasteiger partial charge in [-0.1, -0.05) is 48.6 Å². The fourth-order valence-corrected chi connectivity index (χ4v) is 7.40. The monoisotopic (exact) mass is 528 g/mol. The summed E-state index contributed by atoms with van der Waals surface area (Å²) in [6, 6.07) is 24.8. The summed E-state index contributed by atoms with van der Waals surface area (Å²) in [5.41, 5.74) is 9.41. The van der Waals surface area contributed by atoms with Gasteiger partial charge in [-0.15, -0.1) is 0 Å². The summed E-state index contributed by atoms with van der Waals surface area (Å²) in [7, 11) is 0. The predicted octanol–water partition coefficient (Wildman–Crippen LogP) is 8.00. The van der Waals surface area contributed by atoms with E-state index in [9.17, 15) is 4.39 Å². The van der Waals surface area contributed by atoms with E-state index in [-0.39, 0.29) is 17.8 Å². The summed E-state index contributed by atoms with van der Waals surface area (Å²) >= 11 is 0. The molecular weight excluding hydrogens is 495 g/mol. The van der Waals surface area contributed by atoms with Gasteiger partial charge in [-0.05, 0) is 109 Å². The molecule has 0 radical (unpaired) electrons. The predicted molar refractivity (Wildman–Crippen MR) is 158 cm³/mol. The van der Waals surface area contributed by atoms with Crippen molar-refractivity contribution < 1.29 is 9.13 Å². The Hall–Kier alpha value is -3.92. The van der Waals surface area contributed by atoms with Crippen molar-refractivity contribution in [3.8, 4) is 16.9 Å². The molecule has 2 atom stereocenters. The van der Waals surface area contributed by atoms with Gasteiger partial charge in [-0.25, -0.2) is 9.37 Å². The molecule has 4 aromatic rings. The highest BCUT2D eigenvalue weighted by atomic mass is 19.1. The molecule has 4 heteroatoms. The SMILES string of the molecule is Cc1nc(N2CCC3(C=Cc4ccccc43)CC2)ccc1-c1ccc(F)c(COc2ccc3c(c2)CC2CC32)c1. The standard InChI is InChI=1S/C36H33FN2O/c1-23-30(9-11-35(38-23)39-16-14-36(15-17-39)13-12-24-4-2-3-5-33(24)36)25-6-10-34(37)28(18-25)22-40-29-7-8-31-26(20-29)19-27-21-32(27)31/h2-13,18,20,27,32H,14-17,19,21-22H2,1H3. The summed E-state index contributed by atoms with van der Waals surface area (Å²) in [5.74, 6) is 3.22. The number of anilines is 1. The number of ether oxygens (including phenoxy) is 1. The lowest BCUT2D eigenvalue weighted by Crippen LogP contribution is -2.41. The zero-order valence-electron chi connectivity index (χ0n) is 22.9. The Labute approximate surface area is 235 Å². The molecule has 200 valence electrons. The van der Waals surface area contributed by atoms with Crippen LogP contribution in [0.25, 0.3) is 17.2 Å². The van der Waals surface area contributed by atoms with Crippen molar-refractivity contribution in [3.63, 3.8) is 0 Å². The average molecular weight is 529 g/mol.